The molecule has 0 saturated carbocycles. The van der Waals surface area contributed by atoms with Crippen LogP contribution in [0.1, 0.15) is 0 Å². The highest BCUT2D eigenvalue weighted by Crippen LogP contribution is 2.32. The van der Waals surface area contributed by atoms with Gasteiger partial charge in [-0.05, 0) is 29.1 Å². The molecule has 2 unspecified atom stereocenters. The minimum Gasteiger partial charge on any atom is -0.778 e. The molecule has 1 aromatic carbocycles. The van der Waals surface area contributed by atoms with Crippen LogP contribution in [0.15, 0.2) is 24.3 Å². The molecule has 0 bridgehead atoms. The molecular weight excluding hydrogens is 253 g/mol. The summed E-state index contributed by atoms with van der Waals surface area (Å²) in [6.45, 7) is 0. The first-order valence-corrected chi connectivity index (χ1v) is 5.00. The minimum atomic E-state index is -4.68. The largest absolute Gasteiger partial charge is 0.778 e. The van der Waals surface area contributed by atoms with Crippen molar-refractivity contribution >= 4 is 5.69 Å². The number of methoxy groups -OCH3 is 1. The van der Waals surface area contributed by atoms with Crippen molar-refractivity contribution in [2.24, 2.45) is 0 Å². The van der Waals surface area contributed by atoms with E-state index in [2.05, 4.69) is 4.84 Å². The normalized spacial score (nSPS) is 24.4. The highest BCUT2D eigenvalue weighted by atomic mass is 19.4. The maximum absolute atomic E-state index is 12.7. The fourth-order valence-electron chi connectivity index (χ4n) is 1.61. The zero-order valence-corrected chi connectivity index (χ0v) is 9.27. The van der Waals surface area contributed by atoms with Crippen molar-refractivity contribution < 1.29 is 27.9 Å². The second-order valence-corrected chi connectivity index (χ2v) is 3.63. The van der Waals surface area contributed by atoms with E-state index in [0.717, 1.165) is 0 Å². The van der Waals surface area contributed by atoms with Gasteiger partial charge in [-0.15, -0.1) is 0 Å². The Labute approximate surface area is 101 Å². The van der Waals surface area contributed by atoms with Gasteiger partial charge in [-0.3, -0.25) is 0 Å². The van der Waals surface area contributed by atoms with E-state index in [9.17, 15) is 18.3 Å². The van der Waals surface area contributed by atoms with Crippen LogP contribution in [-0.2, 0) is 4.84 Å². The van der Waals surface area contributed by atoms with Crippen molar-refractivity contribution in [3.8, 4) is 5.75 Å². The first kappa shape index (κ1) is 12.9. The van der Waals surface area contributed by atoms with Gasteiger partial charge >= 0.3 is 6.18 Å². The van der Waals surface area contributed by atoms with Gasteiger partial charge in [-0.2, -0.15) is 13.2 Å². The van der Waals surface area contributed by atoms with Crippen molar-refractivity contribution in [1.29, 1.82) is 0 Å². The summed E-state index contributed by atoms with van der Waals surface area (Å²) in [5.41, 5.74) is 2.14. The third-order valence-electron chi connectivity index (χ3n) is 2.49. The molecule has 1 radical (unpaired) electrons. The number of hydrazine groups is 1. The van der Waals surface area contributed by atoms with Gasteiger partial charge < -0.3 is 9.84 Å². The van der Waals surface area contributed by atoms with Crippen molar-refractivity contribution in [3.63, 3.8) is 0 Å². The summed E-state index contributed by atoms with van der Waals surface area (Å²) in [7, 11) is 1.44. The van der Waals surface area contributed by atoms with E-state index in [0.29, 0.717) is 10.8 Å². The number of benzene rings is 1. The summed E-state index contributed by atoms with van der Waals surface area (Å²) in [5.74, 6) is 0.501. The Kier molecular flexibility index (Phi) is 3.33. The van der Waals surface area contributed by atoms with Gasteiger partial charge in [0.1, 0.15) is 5.75 Å². The SMILES string of the molecule is COc1ccc(N2N[O+]C([O-])C2C(F)(F)F)cc1. The molecule has 0 spiro atoms. The lowest BCUT2D eigenvalue weighted by Crippen LogP contribution is -2.52. The van der Waals surface area contributed by atoms with E-state index >= 15 is 0 Å². The van der Waals surface area contributed by atoms with Gasteiger partial charge in [0.25, 0.3) is 0 Å². The fraction of sp³-hybridized carbons (Fsp3) is 0.400. The smallest absolute Gasteiger partial charge is 0.417 e. The average Bonchev–Trinajstić information content (AvgIpc) is 2.71. The minimum absolute atomic E-state index is 0.163. The van der Waals surface area contributed by atoms with Crippen molar-refractivity contribution in [2.75, 3.05) is 12.1 Å². The first-order valence-electron chi connectivity index (χ1n) is 5.00. The van der Waals surface area contributed by atoms with E-state index in [1.807, 2.05) is 5.59 Å². The summed E-state index contributed by atoms with van der Waals surface area (Å²) < 4.78 is 43.0. The van der Waals surface area contributed by atoms with Crippen LogP contribution in [0.25, 0.3) is 0 Å². The number of anilines is 1. The van der Waals surface area contributed by atoms with Gasteiger partial charge in [-0.1, -0.05) is 0 Å². The van der Waals surface area contributed by atoms with Gasteiger partial charge in [0.2, 0.25) is 12.3 Å². The average molecular weight is 263 g/mol. The predicted molar refractivity (Wildman–Crippen MR) is 53.3 cm³/mol. The number of ether oxygens (including phenoxy) is 1. The zero-order chi connectivity index (χ0) is 13.3. The van der Waals surface area contributed by atoms with Gasteiger partial charge in [0.05, 0.1) is 18.4 Å². The third-order valence-corrected chi connectivity index (χ3v) is 2.49. The monoisotopic (exact) mass is 263 g/mol. The maximum Gasteiger partial charge on any atom is 0.417 e. The van der Waals surface area contributed by atoms with E-state index in [4.69, 9.17) is 4.74 Å². The Morgan fingerprint density at radius 1 is 1.33 bits per heavy atom. The third kappa shape index (κ3) is 2.35. The summed E-state index contributed by atoms with van der Waals surface area (Å²) >= 11 is 0. The van der Waals surface area contributed by atoms with Crippen LogP contribution in [0.3, 0.4) is 0 Å². The molecule has 1 saturated heterocycles. The molecule has 1 aromatic rings. The summed E-state index contributed by atoms with van der Waals surface area (Å²) in [4.78, 5) is 4.28. The molecule has 5 nitrogen and oxygen atoms in total. The molecule has 1 fully saturated rings. The highest BCUT2D eigenvalue weighted by Gasteiger charge is 2.56. The topological polar surface area (TPSA) is 58.9 Å². The second-order valence-electron chi connectivity index (χ2n) is 3.63. The Morgan fingerprint density at radius 2 is 1.94 bits per heavy atom. The van der Waals surface area contributed by atoms with Crippen LogP contribution in [0.2, 0.25) is 0 Å². The lowest BCUT2D eigenvalue weighted by Gasteiger charge is -2.24. The molecule has 0 aromatic heterocycles. The Balaban J connectivity index is 2.25. The first-order chi connectivity index (χ1) is 8.43. The van der Waals surface area contributed by atoms with Crippen LogP contribution in [0.4, 0.5) is 18.9 Å². The molecule has 1 N–H and O–H groups in total. The molecule has 1 heterocycles. The molecular formula is C10H10F3N2O3. The van der Waals surface area contributed by atoms with E-state index in [1.54, 1.807) is 0 Å². The fourth-order valence-corrected chi connectivity index (χ4v) is 1.61. The van der Waals surface area contributed by atoms with Crippen LogP contribution in [0, 0.1) is 0 Å². The number of hydrogen-bond donors (Lipinski definition) is 1. The Morgan fingerprint density at radius 3 is 2.44 bits per heavy atom. The summed E-state index contributed by atoms with van der Waals surface area (Å²) in [6, 6.07) is 3.49. The quantitative estimate of drug-likeness (QED) is 0.790. The zero-order valence-electron chi connectivity index (χ0n) is 9.27. The molecule has 2 rings (SSSR count). The second kappa shape index (κ2) is 4.63. The maximum atomic E-state index is 12.7. The van der Waals surface area contributed by atoms with Gasteiger partial charge in [-0.25, -0.2) is 5.01 Å². The van der Waals surface area contributed by atoms with Crippen LogP contribution < -0.4 is 20.4 Å². The van der Waals surface area contributed by atoms with Gasteiger partial charge in [0.15, 0.2) is 0 Å². The highest BCUT2D eigenvalue weighted by molar-refractivity contribution is 5.49. The van der Waals surface area contributed by atoms with Crippen molar-refractivity contribution in [1.82, 2.24) is 5.59 Å². The molecule has 18 heavy (non-hydrogen) atoms. The number of halogens is 3. The molecule has 2 atom stereocenters. The number of rotatable bonds is 2. The van der Waals surface area contributed by atoms with E-state index in [1.165, 1.54) is 31.4 Å². The summed E-state index contributed by atoms with van der Waals surface area (Å²) in [5, 5.41) is 11.8. The number of nitrogens with one attached hydrogen (secondary N) is 1. The molecule has 1 aliphatic heterocycles. The molecule has 99 valence electrons. The van der Waals surface area contributed by atoms with Gasteiger partial charge in [0, 0.05) is 0 Å². The molecule has 8 heteroatoms. The summed E-state index contributed by atoms with van der Waals surface area (Å²) in [6.07, 6.45) is -6.91. The number of nitrogens with zero attached hydrogens (tertiary/aromatic N) is 1. The Bertz CT molecular complexity index is 410. The van der Waals surface area contributed by atoms with E-state index < -0.39 is 18.5 Å². The predicted octanol–water partition coefficient (Wildman–Crippen LogP) is 0.569. The van der Waals surface area contributed by atoms with Crippen LogP contribution in [-0.4, -0.2) is 25.6 Å². The van der Waals surface area contributed by atoms with Crippen molar-refractivity contribution in [2.45, 2.75) is 18.5 Å². The van der Waals surface area contributed by atoms with Crippen LogP contribution in [0.5, 0.6) is 5.75 Å². The lowest BCUT2D eigenvalue weighted by molar-refractivity contribution is -0.499. The lowest BCUT2D eigenvalue weighted by atomic mass is 10.2. The Hall–Kier alpha value is -1.51. The molecule has 0 aliphatic carbocycles. The molecule has 1 aliphatic rings. The number of alkyl halides is 3. The standard InChI is InChI=1S/C10H10F3N2O3/c1-17-7-4-2-6(3-5-7)15-8(10(11,12)13)9(16)18-14-15/h2-5,8-9,14H,1H3. The number of hydrogen-bond acceptors (Lipinski definition) is 5. The van der Waals surface area contributed by atoms with Crippen LogP contribution >= 0.6 is 0 Å². The van der Waals surface area contributed by atoms with Crippen molar-refractivity contribution in [3.05, 3.63) is 24.3 Å². The van der Waals surface area contributed by atoms with E-state index in [-0.39, 0.29) is 5.69 Å². The molecule has 0 amide bonds.